The van der Waals surface area contributed by atoms with Crippen LogP contribution in [0.25, 0.3) is 17.2 Å². The fraction of sp³-hybridized carbons (Fsp3) is 0.333. The predicted octanol–water partition coefficient (Wildman–Crippen LogP) is 2.42. The molecule has 13 heteroatoms. The first-order valence-corrected chi connectivity index (χ1v) is 12.0. The molecule has 0 spiro atoms. The molecule has 1 atom stereocenters. The number of halogens is 1. The van der Waals surface area contributed by atoms with Gasteiger partial charge in [-0.2, -0.15) is 0 Å². The number of hydrogen-bond donors (Lipinski definition) is 0. The third-order valence-electron chi connectivity index (χ3n) is 5.20. The first kappa shape index (κ1) is 23.4. The smallest absolute Gasteiger partial charge is 0.213 e. The average Bonchev–Trinajstić information content (AvgIpc) is 3.36. The van der Waals surface area contributed by atoms with Gasteiger partial charge < -0.3 is 9.26 Å². The zero-order valence-corrected chi connectivity index (χ0v) is 19.7. The average molecular weight is 488 g/mol. The Kier molecular flexibility index (Phi) is 6.37. The molecule has 178 valence electrons. The van der Waals surface area contributed by atoms with E-state index >= 15 is 0 Å². The lowest BCUT2D eigenvalue weighted by molar-refractivity contribution is 0.393. The lowest BCUT2D eigenvalue weighted by atomic mass is 10.2. The van der Waals surface area contributed by atoms with Crippen molar-refractivity contribution in [3.8, 4) is 23.1 Å². The highest BCUT2D eigenvalue weighted by Crippen LogP contribution is 2.28. The van der Waals surface area contributed by atoms with E-state index < -0.39 is 26.7 Å². The molecule has 0 amide bonds. The number of hydrogen-bond acceptors (Lipinski definition) is 10. The Hall–Kier alpha value is -3.74. The van der Waals surface area contributed by atoms with Crippen LogP contribution in [0.5, 0.6) is 5.88 Å². The third-order valence-corrected chi connectivity index (χ3v) is 7.25. The maximum absolute atomic E-state index is 13.2. The minimum atomic E-state index is -3.74. The van der Waals surface area contributed by atoms with E-state index in [9.17, 15) is 12.8 Å². The molecule has 0 saturated carbocycles. The molecule has 4 rings (SSSR count). The Morgan fingerprint density at radius 3 is 2.56 bits per heavy atom. The molecule has 4 aromatic rings. The van der Waals surface area contributed by atoms with Crippen LogP contribution in [0.15, 0.2) is 35.1 Å². The van der Waals surface area contributed by atoms with Gasteiger partial charge in [0, 0.05) is 12.5 Å². The molecule has 34 heavy (non-hydrogen) atoms. The Morgan fingerprint density at radius 2 is 1.91 bits per heavy atom. The van der Waals surface area contributed by atoms with Crippen molar-refractivity contribution in [3.05, 3.63) is 59.5 Å². The van der Waals surface area contributed by atoms with Crippen LogP contribution in [-0.4, -0.2) is 55.7 Å². The molecule has 0 aliphatic carbocycles. The molecule has 0 saturated heterocycles. The number of rotatable bonds is 8. The molecule has 0 bridgehead atoms. The maximum Gasteiger partial charge on any atom is 0.213 e. The van der Waals surface area contributed by atoms with Gasteiger partial charge in [0.05, 0.1) is 24.8 Å². The molecule has 0 aromatic carbocycles. The van der Waals surface area contributed by atoms with E-state index in [1.807, 2.05) is 0 Å². The minimum absolute atomic E-state index is 0.0202. The van der Waals surface area contributed by atoms with Gasteiger partial charge in [0.1, 0.15) is 28.7 Å². The van der Waals surface area contributed by atoms with E-state index in [2.05, 4.69) is 30.3 Å². The fourth-order valence-electron chi connectivity index (χ4n) is 3.41. The largest absolute Gasteiger partial charge is 0.481 e. The fourth-order valence-corrected chi connectivity index (χ4v) is 4.65. The quantitative estimate of drug-likeness (QED) is 0.364. The van der Waals surface area contributed by atoms with Crippen LogP contribution in [0.3, 0.4) is 0 Å². The third kappa shape index (κ3) is 4.64. The summed E-state index contributed by atoms with van der Waals surface area (Å²) in [5.41, 5.74) is 1.50. The van der Waals surface area contributed by atoms with Crippen molar-refractivity contribution in [1.29, 1.82) is 0 Å². The topological polar surface area (TPSA) is 139 Å². The molecule has 0 aliphatic heterocycles. The van der Waals surface area contributed by atoms with Crippen LogP contribution in [0.1, 0.15) is 30.0 Å². The van der Waals surface area contributed by atoms with Crippen LogP contribution in [0.2, 0.25) is 0 Å². The van der Waals surface area contributed by atoms with Crippen LogP contribution >= 0.6 is 0 Å². The van der Waals surface area contributed by atoms with Crippen molar-refractivity contribution in [2.24, 2.45) is 0 Å². The zero-order chi connectivity index (χ0) is 24.5. The molecule has 0 fully saturated rings. The van der Waals surface area contributed by atoms with Gasteiger partial charge in [-0.15, -0.1) is 10.2 Å². The number of aryl methyl sites for hydroxylation is 2. The molecule has 0 radical (unpaired) electrons. The standard InChI is InChI=1S/C21H22FN7O4S/c1-12(8-17-23-9-15(22)10-24-17)34(30,31)11-18-26-27-21(16-6-5-7-19(25-16)32-4)29(18)20-13(2)28-33-14(20)3/h5-7,9-10,12H,8,11H2,1-4H3/t12-/m1/s1. The van der Waals surface area contributed by atoms with Gasteiger partial charge in [-0.1, -0.05) is 11.2 Å². The lowest BCUT2D eigenvalue weighted by Crippen LogP contribution is -2.24. The van der Waals surface area contributed by atoms with Crippen molar-refractivity contribution in [3.63, 3.8) is 0 Å². The molecule has 0 unspecified atom stereocenters. The van der Waals surface area contributed by atoms with E-state index in [1.54, 1.807) is 43.5 Å². The van der Waals surface area contributed by atoms with Gasteiger partial charge in [-0.25, -0.2) is 27.8 Å². The van der Waals surface area contributed by atoms with Gasteiger partial charge in [0.25, 0.3) is 0 Å². The highest BCUT2D eigenvalue weighted by Gasteiger charge is 2.29. The summed E-state index contributed by atoms with van der Waals surface area (Å²) in [7, 11) is -2.24. The number of aromatic nitrogens is 7. The lowest BCUT2D eigenvalue weighted by Gasteiger charge is -2.14. The summed E-state index contributed by atoms with van der Waals surface area (Å²) in [5.74, 6) is 0.530. The molecule has 4 heterocycles. The van der Waals surface area contributed by atoms with Gasteiger partial charge in [-0.3, -0.25) is 4.57 Å². The van der Waals surface area contributed by atoms with Gasteiger partial charge in [-0.05, 0) is 26.8 Å². The van der Waals surface area contributed by atoms with E-state index in [-0.39, 0.29) is 18.1 Å². The molecular weight excluding hydrogens is 465 g/mol. The molecular formula is C21H22FN7O4S. The molecule has 0 N–H and O–H groups in total. The zero-order valence-electron chi connectivity index (χ0n) is 18.9. The van der Waals surface area contributed by atoms with Crippen LogP contribution in [0, 0.1) is 19.7 Å². The van der Waals surface area contributed by atoms with E-state index in [0.717, 1.165) is 12.4 Å². The van der Waals surface area contributed by atoms with Crippen LogP contribution in [-0.2, 0) is 22.0 Å². The number of sulfone groups is 1. The summed E-state index contributed by atoms with van der Waals surface area (Å²) < 4.78 is 51.6. The summed E-state index contributed by atoms with van der Waals surface area (Å²) in [6, 6.07) is 5.15. The first-order valence-electron chi connectivity index (χ1n) is 10.3. The predicted molar refractivity (Wildman–Crippen MR) is 118 cm³/mol. The number of methoxy groups -OCH3 is 1. The Labute approximate surface area is 195 Å². The normalized spacial score (nSPS) is 12.6. The second kappa shape index (κ2) is 9.25. The maximum atomic E-state index is 13.2. The van der Waals surface area contributed by atoms with Crippen molar-refractivity contribution in [2.45, 2.75) is 38.2 Å². The molecule has 4 aromatic heterocycles. The summed E-state index contributed by atoms with van der Waals surface area (Å²) >= 11 is 0. The van der Waals surface area contributed by atoms with Crippen molar-refractivity contribution in [1.82, 2.24) is 34.9 Å². The van der Waals surface area contributed by atoms with E-state index in [1.165, 1.54) is 7.11 Å². The summed E-state index contributed by atoms with van der Waals surface area (Å²) in [6.45, 7) is 5.00. The summed E-state index contributed by atoms with van der Waals surface area (Å²) in [5, 5.41) is 11.5. The van der Waals surface area contributed by atoms with Crippen LogP contribution in [0.4, 0.5) is 4.39 Å². The van der Waals surface area contributed by atoms with Crippen molar-refractivity contribution >= 4 is 9.84 Å². The van der Waals surface area contributed by atoms with Crippen LogP contribution < -0.4 is 4.74 Å². The molecule has 11 nitrogen and oxygen atoms in total. The number of pyridine rings is 1. The Balaban J connectivity index is 1.74. The van der Waals surface area contributed by atoms with E-state index in [4.69, 9.17) is 9.26 Å². The highest BCUT2D eigenvalue weighted by atomic mass is 32.2. The van der Waals surface area contributed by atoms with Crippen molar-refractivity contribution < 1.29 is 22.1 Å². The summed E-state index contributed by atoms with van der Waals surface area (Å²) in [6.07, 6.45) is 2.03. The second-order valence-electron chi connectivity index (χ2n) is 7.65. The second-order valence-corrected chi connectivity index (χ2v) is 10.1. The highest BCUT2D eigenvalue weighted by molar-refractivity contribution is 7.91. The number of ether oxygens (including phenoxy) is 1. The SMILES string of the molecule is COc1cccc(-c2nnc(CS(=O)(=O)[C@H](C)Cc3ncc(F)cn3)n2-c2c(C)noc2C)n1. The van der Waals surface area contributed by atoms with Gasteiger partial charge in [0.2, 0.25) is 5.88 Å². The van der Waals surface area contributed by atoms with Gasteiger partial charge >= 0.3 is 0 Å². The van der Waals surface area contributed by atoms with Crippen molar-refractivity contribution in [2.75, 3.05) is 7.11 Å². The molecule has 0 aliphatic rings. The summed E-state index contributed by atoms with van der Waals surface area (Å²) in [4.78, 5) is 12.1. The Bertz CT molecular complexity index is 1400. The monoisotopic (exact) mass is 487 g/mol. The van der Waals surface area contributed by atoms with E-state index in [0.29, 0.717) is 34.5 Å². The van der Waals surface area contributed by atoms with Gasteiger partial charge in [0.15, 0.2) is 33.1 Å². The number of nitrogens with zero attached hydrogens (tertiary/aromatic N) is 7. The first-order chi connectivity index (χ1) is 16.2. The Morgan fingerprint density at radius 1 is 1.18 bits per heavy atom. The minimum Gasteiger partial charge on any atom is -0.481 e.